The Morgan fingerprint density at radius 3 is 2.69 bits per heavy atom. The molecule has 36 heavy (non-hydrogen) atoms. The Balaban J connectivity index is 1.58. The van der Waals surface area contributed by atoms with E-state index < -0.39 is 34.5 Å². The number of rotatable bonds is 7. The number of hydrogen-bond acceptors (Lipinski definition) is 8. The molecule has 1 atom stereocenters. The molecule has 9 nitrogen and oxygen atoms in total. The van der Waals surface area contributed by atoms with Crippen molar-refractivity contribution in [3.05, 3.63) is 41.3 Å². The fourth-order valence-electron chi connectivity index (χ4n) is 3.44. The van der Waals surface area contributed by atoms with Crippen molar-refractivity contribution in [2.24, 2.45) is 4.36 Å². The molecule has 1 aliphatic heterocycles. The molecule has 1 aliphatic rings. The fourth-order valence-corrected chi connectivity index (χ4v) is 5.04. The quantitative estimate of drug-likeness (QED) is 0.416. The van der Waals surface area contributed by atoms with Crippen LogP contribution in [-0.4, -0.2) is 55.4 Å². The van der Waals surface area contributed by atoms with E-state index in [1.165, 1.54) is 18.5 Å². The van der Waals surface area contributed by atoms with Gasteiger partial charge in [-0.2, -0.15) is 22.5 Å². The molecule has 1 amide bonds. The highest BCUT2D eigenvalue weighted by Crippen LogP contribution is 2.34. The van der Waals surface area contributed by atoms with Crippen LogP contribution in [0.15, 0.2) is 35.0 Å². The number of benzene rings is 1. The normalized spacial score (nSPS) is 15.6. The maximum absolute atomic E-state index is 12.7. The first-order valence-electron chi connectivity index (χ1n) is 10.8. The van der Waals surface area contributed by atoms with Crippen molar-refractivity contribution in [1.29, 1.82) is 0 Å². The number of nitrogens with one attached hydrogen (secondary N) is 2. The van der Waals surface area contributed by atoms with Gasteiger partial charge in [-0.25, -0.2) is 14.2 Å². The highest BCUT2D eigenvalue weighted by molar-refractivity contribution is 7.95. The lowest BCUT2D eigenvalue weighted by Gasteiger charge is -2.18. The second kappa shape index (κ2) is 10.1. The van der Waals surface area contributed by atoms with Gasteiger partial charge in [0.2, 0.25) is 5.88 Å². The smallest absolute Gasteiger partial charge is 0.408 e. The van der Waals surface area contributed by atoms with E-state index in [9.17, 15) is 22.2 Å². The summed E-state index contributed by atoms with van der Waals surface area (Å²) in [5.41, 5.74) is 2.20. The number of halogens is 4. The van der Waals surface area contributed by atoms with Crippen LogP contribution < -0.4 is 15.4 Å². The first-order valence-corrected chi connectivity index (χ1v) is 13.1. The number of carbonyl (C=O) groups is 1. The van der Waals surface area contributed by atoms with Gasteiger partial charge >= 0.3 is 6.18 Å². The molecule has 1 saturated heterocycles. The van der Waals surface area contributed by atoms with Crippen molar-refractivity contribution in [1.82, 2.24) is 20.3 Å². The standard InChI is InChI=1S/C22H22ClF3N6O3S/c1-12-8-14(32-36(34)6-3-7-36)9-16-19(12)20(28-11-27-16)30-15-4-5-17(23)31-21(15)35-10-18(33)29-13(2)22(24,25)26/h4-5,8-9,11,13H,3,6-7,10H2,1-2H3,(H,29,33)(H,27,28,30)/t13-/m0/s1. The van der Waals surface area contributed by atoms with Crippen LogP contribution in [-0.2, 0) is 14.5 Å². The van der Waals surface area contributed by atoms with Crippen molar-refractivity contribution in [2.75, 3.05) is 23.4 Å². The Kier molecular flexibility index (Phi) is 7.23. The SMILES string of the molecule is Cc1cc(N=S2(=O)CCC2)cc2ncnc(Nc3ccc(Cl)nc3OCC(=O)N[C@@H](C)C(F)(F)F)c12. The Morgan fingerprint density at radius 2 is 2.03 bits per heavy atom. The Morgan fingerprint density at radius 1 is 1.28 bits per heavy atom. The number of alkyl halides is 3. The van der Waals surface area contributed by atoms with Gasteiger partial charge in [0.15, 0.2) is 6.61 Å². The van der Waals surface area contributed by atoms with Crippen molar-refractivity contribution >= 4 is 55.3 Å². The number of aromatic nitrogens is 3. The number of ether oxygens (including phenoxy) is 1. The molecular formula is C22H22ClF3N6O3S. The maximum Gasteiger partial charge on any atom is 0.408 e. The van der Waals surface area contributed by atoms with Gasteiger partial charge in [0.25, 0.3) is 5.91 Å². The molecule has 192 valence electrons. The van der Waals surface area contributed by atoms with E-state index in [1.807, 2.05) is 12.2 Å². The van der Waals surface area contributed by atoms with Gasteiger partial charge in [0, 0.05) is 16.9 Å². The van der Waals surface area contributed by atoms with E-state index in [0.717, 1.165) is 18.9 Å². The molecule has 3 aromatic rings. The number of pyridine rings is 1. The number of hydrogen-bond donors (Lipinski definition) is 2. The van der Waals surface area contributed by atoms with Crippen molar-refractivity contribution < 1.29 is 26.9 Å². The summed E-state index contributed by atoms with van der Waals surface area (Å²) in [6, 6.07) is 4.50. The van der Waals surface area contributed by atoms with Crippen LogP contribution >= 0.6 is 11.6 Å². The summed E-state index contributed by atoms with van der Waals surface area (Å²) in [5, 5.41) is 5.60. The van der Waals surface area contributed by atoms with E-state index >= 15 is 0 Å². The third-order valence-corrected chi connectivity index (χ3v) is 8.01. The lowest BCUT2D eigenvalue weighted by Crippen LogP contribution is -2.44. The zero-order chi connectivity index (χ0) is 26.1. The minimum Gasteiger partial charge on any atom is -0.466 e. The molecule has 2 N–H and O–H groups in total. The molecule has 0 aliphatic carbocycles. The molecule has 2 aromatic heterocycles. The summed E-state index contributed by atoms with van der Waals surface area (Å²) in [4.78, 5) is 24.6. The van der Waals surface area contributed by atoms with E-state index in [2.05, 4.69) is 24.6 Å². The zero-order valence-electron chi connectivity index (χ0n) is 19.2. The fraction of sp³-hybridized carbons (Fsp3) is 0.364. The lowest BCUT2D eigenvalue weighted by molar-refractivity contribution is -0.158. The first kappa shape index (κ1) is 25.9. The minimum atomic E-state index is -4.58. The summed E-state index contributed by atoms with van der Waals surface area (Å²) >= 11 is 5.96. The Hall–Kier alpha value is -3.19. The number of carbonyl (C=O) groups excluding carboxylic acids is 1. The minimum absolute atomic E-state index is 0.0552. The van der Waals surface area contributed by atoms with Crippen molar-refractivity contribution in [2.45, 2.75) is 32.5 Å². The number of anilines is 2. The molecule has 14 heteroatoms. The van der Waals surface area contributed by atoms with Crippen molar-refractivity contribution in [3.63, 3.8) is 0 Å². The highest BCUT2D eigenvalue weighted by Gasteiger charge is 2.37. The van der Waals surface area contributed by atoms with E-state index in [-0.39, 0.29) is 16.7 Å². The molecule has 1 aromatic carbocycles. The van der Waals surface area contributed by atoms with Gasteiger partial charge < -0.3 is 15.4 Å². The number of amides is 1. The Bertz CT molecular complexity index is 1430. The van der Waals surface area contributed by atoms with Crippen LogP contribution in [0, 0.1) is 6.92 Å². The molecule has 4 rings (SSSR count). The van der Waals surface area contributed by atoms with E-state index in [1.54, 1.807) is 12.1 Å². The second-order valence-electron chi connectivity index (χ2n) is 8.24. The molecule has 0 unspecified atom stereocenters. The predicted octanol–water partition coefficient (Wildman–Crippen LogP) is 4.68. The molecule has 1 fully saturated rings. The average Bonchev–Trinajstić information content (AvgIpc) is 2.77. The van der Waals surface area contributed by atoms with Gasteiger partial charge in [0.1, 0.15) is 29.0 Å². The van der Waals surface area contributed by atoms with Crippen molar-refractivity contribution in [3.8, 4) is 5.88 Å². The molecule has 0 spiro atoms. The van der Waals surface area contributed by atoms with Crippen LogP contribution in [0.4, 0.5) is 30.4 Å². The van der Waals surface area contributed by atoms with Gasteiger partial charge in [-0.1, -0.05) is 11.6 Å². The van der Waals surface area contributed by atoms with Crippen LogP contribution in [0.25, 0.3) is 10.9 Å². The Labute approximate surface area is 210 Å². The average molecular weight is 543 g/mol. The molecule has 0 radical (unpaired) electrons. The largest absolute Gasteiger partial charge is 0.466 e. The first-order chi connectivity index (χ1) is 16.9. The maximum atomic E-state index is 12.7. The van der Waals surface area contributed by atoms with Gasteiger partial charge in [-0.05, 0) is 50.1 Å². The monoisotopic (exact) mass is 542 g/mol. The zero-order valence-corrected chi connectivity index (χ0v) is 20.8. The summed E-state index contributed by atoms with van der Waals surface area (Å²) < 4.78 is 60.4. The van der Waals surface area contributed by atoms with Gasteiger partial charge in [0.05, 0.1) is 20.9 Å². The topological polar surface area (TPSA) is 118 Å². The summed E-state index contributed by atoms with van der Waals surface area (Å²) in [5.74, 6) is 0.480. The number of aryl methyl sites for hydroxylation is 1. The van der Waals surface area contributed by atoms with Crippen LogP contribution in [0.3, 0.4) is 0 Å². The second-order valence-corrected chi connectivity index (χ2v) is 11.2. The van der Waals surface area contributed by atoms with Gasteiger partial charge in [-0.3, -0.25) is 4.79 Å². The van der Waals surface area contributed by atoms with E-state index in [4.69, 9.17) is 16.3 Å². The summed E-state index contributed by atoms with van der Waals surface area (Å²) in [6.45, 7) is 1.96. The number of fused-ring (bicyclic) bond motifs is 1. The van der Waals surface area contributed by atoms with Crippen LogP contribution in [0.5, 0.6) is 5.88 Å². The predicted molar refractivity (Wildman–Crippen MR) is 131 cm³/mol. The van der Waals surface area contributed by atoms with Crippen LogP contribution in [0.2, 0.25) is 5.15 Å². The van der Waals surface area contributed by atoms with E-state index in [0.29, 0.717) is 33.9 Å². The number of nitrogens with zero attached hydrogens (tertiary/aromatic N) is 4. The third kappa shape index (κ3) is 5.95. The summed E-state index contributed by atoms with van der Waals surface area (Å²) in [6.07, 6.45) is -2.34. The molecular weight excluding hydrogens is 521 g/mol. The molecule has 3 heterocycles. The lowest BCUT2D eigenvalue weighted by atomic mass is 10.1. The van der Waals surface area contributed by atoms with Gasteiger partial charge in [-0.15, -0.1) is 0 Å². The van der Waals surface area contributed by atoms with Crippen LogP contribution in [0.1, 0.15) is 18.9 Å². The molecule has 0 saturated carbocycles. The highest BCUT2D eigenvalue weighted by atomic mass is 35.5. The molecule has 0 bridgehead atoms. The summed E-state index contributed by atoms with van der Waals surface area (Å²) in [7, 11) is -2.19. The third-order valence-electron chi connectivity index (χ3n) is 5.41.